The molecule has 13 heavy (non-hydrogen) atoms. The third-order valence-corrected chi connectivity index (χ3v) is 2.28. The van der Waals surface area contributed by atoms with Gasteiger partial charge in [-0.3, -0.25) is 0 Å². The van der Waals surface area contributed by atoms with Gasteiger partial charge in [0.25, 0.3) is 0 Å². The Bertz CT molecular complexity index is 422. The summed E-state index contributed by atoms with van der Waals surface area (Å²) >= 11 is 5.98. The quantitative estimate of drug-likeness (QED) is 0.789. The molecule has 0 aromatic carbocycles. The molecule has 2 aromatic rings. The monoisotopic (exact) mass is 195 g/mol. The summed E-state index contributed by atoms with van der Waals surface area (Å²) in [6.45, 7) is 0.603. The molecular formula is C9H10ClN3. The highest BCUT2D eigenvalue weighted by atomic mass is 35.5. The first-order valence-corrected chi connectivity index (χ1v) is 4.51. The van der Waals surface area contributed by atoms with E-state index >= 15 is 0 Å². The van der Waals surface area contributed by atoms with Crippen molar-refractivity contribution >= 4 is 17.1 Å². The normalized spacial score (nSPS) is 10.9. The molecule has 0 unspecified atom stereocenters. The van der Waals surface area contributed by atoms with Crippen LogP contribution < -0.4 is 5.73 Å². The van der Waals surface area contributed by atoms with Crippen molar-refractivity contribution < 1.29 is 0 Å². The minimum Gasteiger partial charge on any atom is -0.330 e. The van der Waals surface area contributed by atoms with Gasteiger partial charge in [-0.1, -0.05) is 11.6 Å². The SMILES string of the molecule is NCCc1ncc2c(Cl)cccn12. The van der Waals surface area contributed by atoms with Crippen molar-refractivity contribution in [1.82, 2.24) is 9.38 Å². The Labute approximate surface area is 81.1 Å². The molecule has 2 heterocycles. The summed E-state index contributed by atoms with van der Waals surface area (Å²) in [6.07, 6.45) is 4.49. The fraction of sp³-hybridized carbons (Fsp3) is 0.222. The lowest BCUT2D eigenvalue weighted by Crippen LogP contribution is -2.06. The number of fused-ring (bicyclic) bond motifs is 1. The molecule has 0 aliphatic heterocycles. The van der Waals surface area contributed by atoms with E-state index in [2.05, 4.69) is 4.98 Å². The zero-order chi connectivity index (χ0) is 9.26. The van der Waals surface area contributed by atoms with Crippen LogP contribution in [0.3, 0.4) is 0 Å². The highest BCUT2D eigenvalue weighted by molar-refractivity contribution is 6.33. The Balaban J connectivity index is 2.61. The first-order chi connectivity index (χ1) is 6.33. The van der Waals surface area contributed by atoms with Crippen molar-refractivity contribution in [2.45, 2.75) is 6.42 Å². The molecule has 2 aromatic heterocycles. The number of nitrogens with two attached hydrogens (primary N) is 1. The smallest absolute Gasteiger partial charge is 0.114 e. The van der Waals surface area contributed by atoms with Crippen LogP contribution in [-0.4, -0.2) is 15.9 Å². The molecule has 0 amide bonds. The summed E-state index contributed by atoms with van der Waals surface area (Å²) in [5, 5.41) is 0.721. The summed E-state index contributed by atoms with van der Waals surface area (Å²) in [6, 6.07) is 3.75. The minimum atomic E-state index is 0.603. The molecule has 0 radical (unpaired) electrons. The molecule has 4 heteroatoms. The standard InChI is InChI=1S/C9H10ClN3/c10-7-2-1-5-13-8(7)6-12-9(13)3-4-11/h1-2,5-6H,3-4,11H2. The lowest BCUT2D eigenvalue weighted by Gasteiger charge is -1.99. The molecule has 0 aliphatic carbocycles. The Morgan fingerprint density at radius 3 is 3.15 bits per heavy atom. The summed E-state index contributed by atoms with van der Waals surface area (Å²) in [5.74, 6) is 0.958. The second-order valence-corrected chi connectivity index (χ2v) is 3.23. The summed E-state index contributed by atoms with van der Waals surface area (Å²) in [5.41, 5.74) is 6.40. The average Bonchev–Trinajstić information content (AvgIpc) is 2.51. The molecule has 0 saturated heterocycles. The van der Waals surface area contributed by atoms with E-state index in [9.17, 15) is 0 Å². The number of rotatable bonds is 2. The predicted octanol–water partition coefficient (Wildman–Crippen LogP) is 1.49. The average molecular weight is 196 g/mol. The number of pyridine rings is 1. The maximum Gasteiger partial charge on any atom is 0.114 e. The van der Waals surface area contributed by atoms with Crippen LogP contribution >= 0.6 is 11.6 Å². The Hall–Kier alpha value is -1.06. The summed E-state index contributed by atoms with van der Waals surface area (Å²) in [4.78, 5) is 4.24. The molecule has 0 atom stereocenters. The van der Waals surface area contributed by atoms with Crippen LogP contribution in [0.4, 0.5) is 0 Å². The third-order valence-electron chi connectivity index (χ3n) is 1.96. The molecule has 3 nitrogen and oxygen atoms in total. The predicted molar refractivity (Wildman–Crippen MR) is 53.0 cm³/mol. The zero-order valence-electron chi connectivity index (χ0n) is 7.07. The number of imidazole rings is 1. The number of nitrogens with zero attached hydrogens (tertiary/aromatic N) is 2. The number of halogens is 1. The van der Waals surface area contributed by atoms with E-state index in [1.807, 2.05) is 22.7 Å². The maximum atomic E-state index is 5.98. The lowest BCUT2D eigenvalue weighted by atomic mass is 10.4. The van der Waals surface area contributed by atoms with E-state index in [0.717, 1.165) is 22.8 Å². The largest absolute Gasteiger partial charge is 0.330 e. The molecule has 0 bridgehead atoms. The molecule has 0 fully saturated rings. The van der Waals surface area contributed by atoms with E-state index in [4.69, 9.17) is 17.3 Å². The van der Waals surface area contributed by atoms with Gasteiger partial charge in [0.05, 0.1) is 16.7 Å². The van der Waals surface area contributed by atoms with Crippen LogP contribution in [0.2, 0.25) is 5.02 Å². The van der Waals surface area contributed by atoms with Crippen LogP contribution in [0, 0.1) is 0 Å². The summed E-state index contributed by atoms with van der Waals surface area (Å²) in [7, 11) is 0. The van der Waals surface area contributed by atoms with Crippen molar-refractivity contribution in [3.05, 3.63) is 35.4 Å². The number of hydrogen-bond donors (Lipinski definition) is 1. The van der Waals surface area contributed by atoms with Gasteiger partial charge in [-0.05, 0) is 18.7 Å². The highest BCUT2D eigenvalue weighted by Crippen LogP contribution is 2.17. The fourth-order valence-corrected chi connectivity index (χ4v) is 1.57. The zero-order valence-corrected chi connectivity index (χ0v) is 7.83. The van der Waals surface area contributed by atoms with E-state index in [1.54, 1.807) is 6.20 Å². The van der Waals surface area contributed by atoms with Gasteiger partial charge in [-0.2, -0.15) is 0 Å². The molecule has 0 saturated carbocycles. The van der Waals surface area contributed by atoms with Gasteiger partial charge in [-0.25, -0.2) is 4.98 Å². The first-order valence-electron chi connectivity index (χ1n) is 4.13. The fourth-order valence-electron chi connectivity index (χ4n) is 1.36. The second kappa shape index (κ2) is 3.36. The Morgan fingerprint density at radius 1 is 1.54 bits per heavy atom. The Morgan fingerprint density at radius 2 is 2.38 bits per heavy atom. The first kappa shape index (κ1) is 8.53. The van der Waals surface area contributed by atoms with Crippen LogP contribution in [0.5, 0.6) is 0 Å². The van der Waals surface area contributed by atoms with Crippen molar-refractivity contribution in [1.29, 1.82) is 0 Å². The minimum absolute atomic E-state index is 0.603. The van der Waals surface area contributed by atoms with Gasteiger partial charge in [0.15, 0.2) is 0 Å². The van der Waals surface area contributed by atoms with E-state index < -0.39 is 0 Å². The highest BCUT2D eigenvalue weighted by Gasteiger charge is 2.03. The van der Waals surface area contributed by atoms with Crippen LogP contribution in [0.1, 0.15) is 5.82 Å². The lowest BCUT2D eigenvalue weighted by molar-refractivity contribution is 0.863. The summed E-state index contributed by atoms with van der Waals surface area (Å²) < 4.78 is 1.97. The van der Waals surface area contributed by atoms with E-state index in [0.29, 0.717) is 6.54 Å². The van der Waals surface area contributed by atoms with Crippen LogP contribution in [0.25, 0.3) is 5.52 Å². The van der Waals surface area contributed by atoms with Gasteiger partial charge in [0, 0.05) is 12.6 Å². The third kappa shape index (κ3) is 1.41. The van der Waals surface area contributed by atoms with Gasteiger partial charge in [0.2, 0.25) is 0 Å². The molecule has 2 N–H and O–H groups in total. The maximum absolute atomic E-state index is 5.98. The van der Waals surface area contributed by atoms with E-state index in [-0.39, 0.29) is 0 Å². The van der Waals surface area contributed by atoms with Crippen molar-refractivity contribution in [3.8, 4) is 0 Å². The molecule has 68 valence electrons. The second-order valence-electron chi connectivity index (χ2n) is 2.82. The topological polar surface area (TPSA) is 43.3 Å². The number of hydrogen-bond acceptors (Lipinski definition) is 2. The molecule has 2 rings (SSSR count). The molecular weight excluding hydrogens is 186 g/mol. The van der Waals surface area contributed by atoms with Gasteiger partial charge < -0.3 is 10.1 Å². The number of aromatic nitrogens is 2. The van der Waals surface area contributed by atoms with Crippen LogP contribution in [-0.2, 0) is 6.42 Å². The molecule has 0 spiro atoms. The van der Waals surface area contributed by atoms with Crippen molar-refractivity contribution in [3.63, 3.8) is 0 Å². The van der Waals surface area contributed by atoms with Crippen molar-refractivity contribution in [2.75, 3.05) is 6.54 Å². The van der Waals surface area contributed by atoms with E-state index in [1.165, 1.54) is 0 Å². The van der Waals surface area contributed by atoms with Crippen LogP contribution in [0.15, 0.2) is 24.5 Å². The van der Waals surface area contributed by atoms with Gasteiger partial charge >= 0.3 is 0 Å². The van der Waals surface area contributed by atoms with Gasteiger partial charge in [-0.15, -0.1) is 0 Å². The molecule has 0 aliphatic rings. The Kier molecular flexibility index (Phi) is 2.20. The van der Waals surface area contributed by atoms with Crippen molar-refractivity contribution in [2.24, 2.45) is 5.73 Å². The van der Waals surface area contributed by atoms with Gasteiger partial charge in [0.1, 0.15) is 5.82 Å².